The first kappa shape index (κ1) is 19.4. The van der Waals surface area contributed by atoms with E-state index >= 15 is 0 Å². The van der Waals surface area contributed by atoms with Crippen LogP contribution in [0.3, 0.4) is 0 Å². The number of nitrogens with zero attached hydrogens (tertiary/aromatic N) is 1. The molecule has 2 aromatic carbocycles. The van der Waals surface area contributed by atoms with Gasteiger partial charge in [-0.25, -0.2) is 13.4 Å². The van der Waals surface area contributed by atoms with Gasteiger partial charge in [-0.2, -0.15) is 0 Å². The Balaban J connectivity index is 1.57. The maximum absolute atomic E-state index is 12.4. The van der Waals surface area contributed by atoms with E-state index in [0.717, 1.165) is 5.56 Å². The van der Waals surface area contributed by atoms with Crippen LogP contribution in [0.25, 0.3) is 0 Å². The molecule has 0 radical (unpaired) electrons. The first-order valence-corrected chi connectivity index (χ1v) is 9.94. The van der Waals surface area contributed by atoms with Crippen molar-refractivity contribution in [1.29, 1.82) is 0 Å². The topological polar surface area (TPSA) is 97.4 Å². The van der Waals surface area contributed by atoms with Crippen molar-refractivity contribution >= 4 is 27.4 Å². The molecule has 0 aliphatic carbocycles. The molecule has 3 aromatic rings. The van der Waals surface area contributed by atoms with Gasteiger partial charge in [0.15, 0.2) is 6.61 Å². The smallest absolute Gasteiger partial charge is 0.263 e. The van der Waals surface area contributed by atoms with Crippen molar-refractivity contribution in [3.8, 4) is 5.75 Å². The van der Waals surface area contributed by atoms with E-state index in [-0.39, 0.29) is 23.2 Å². The normalized spacial score (nSPS) is 10.9. The number of pyridine rings is 1. The second-order valence-electron chi connectivity index (χ2n) is 5.99. The SMILES string of the molecule is Cc1ccc(OCC(=O)Nc2ccc(S(=O)(=O)Nc3ccccn3)cc2)cc1. The number of hydrogen-bond acceptors (Lipinski definition) is 5. The molecule has 7 nitrogen and oxygen atoms in total. The molecule has 2 N–H and O–H groups in total. The van der Waals surface area contributed by atoms with Crippen LogP contribution in [0.4, 0.5) is 11.5 Å². The third-order valence-electron chi connectivity index (χ3n) is 3.74. The number of carbonyl (C=O) groups is 1. The molecule has 0 unspecified atom stereocenters. The van der Waals surface area contributed by atoms with Crippen LogP contribution in [-0.2, 0) is 14.8 Å². The van der Waals surface area contributed by atoms with Crippen molar-refractivity contribution in [2.75, 3.05) is 16.6 Å². The molecule has 144 valence electrons. The standard InChI is InChI=1S/C20H19N3O4S/c1-15-5-9-17(10-6-15)27-14-20(24)22-16-7-11-18(12-8-16)28(25,26)23-19-4-2-3-13-21-19/h2-13H,14H2,1H3,(H,21,23)(H,22,24). The minimum Gasteiger partial charge on any atom is -0.484 e. The van der Waals surface area contributed by atoms with Crippen LogP contribution in [0.5, 0.6) is 5.75 Å². The first-order valence-electron chi connectivity index (χ1n) is 8.46. The molecule has 0 fully saturated rings. The molecule has 28 heavy (non-hydrogen) atoms. The van der Waals surface area contributed by atoms with Crippen molar-refractivity contribution in [2.45, 2.75) is 11.8 Å². The Labute approximate surface area is 163 Å². The van der Waals surface area contributed by atoms with Gasteiger partial charge in [-0.15, -0.1) is 0 Å². The van der Waals surface area contributed by atoms with Crippen LogP contribution >= 0.6 is 0 Å². The number of sulfonamides is 1. The number of benzene rings is 2. The van der Waals surface area contributed by atoms with E-state index in [0.29, 0.717) is 11.4 Å². The average Bonchev–Trinajstić information content (AvgIpc) is 2.68. The molecule has 0 spiro atoms. The van der Waals surface area contributed by atoms with Crippen LogP contribution in [0.15, 0.2) is 77.8 Å². The molecule has 3 rings (SSSR count). The summed E-state index contributed by atoms with van der Waals surface area (Å²) in [4.78, 5) is 16.0. The molecule has 1 heterocycles. The summed E-state index contributed by atoms with van der Waals surface area (Å²) in [6, 6.07) is 18.1. The zero-order valence-corrected chi connectivity index (χ0v) is 15.9. The molecule has 8 heteroatoms. The second kappa shape index (κ2) is 8.53. The Morgan fingerprint density at radius 3 is 2.36 bits per heavy atom. The summed E-state index contributed by atoms with van der Waals surface area (Å²) in [5.74, 6) is 0.485. The highest BCUT2D eigenvalue weighted by atomic mass is 32.2. The predicted octanol–water partition coefficient (Wildman–Crippen LogP) is 3.21. The van der Waals surface area contributed by atoms with E-state index < -0.39 is 10.0 Å². The average molecular weight is 397 g/mol. The maximum Gasteiger partial charge on any atom is 0.263 e. The number of carbonyl (C=O) groups excluding carboxylic acids is 1. The number of rotatable bonds is 7. The monoisotopic (exact) mass is 397 g/mol. The highest BCUT2D eigenvalue weighted by molar-refractivity contribution is 7.92. The quantitative estimate of drug-likeness (QED) is 0.638. The molecule has 0 aliphatic rings. The number of anilines is 2. The highest BCUT2D eigenvalue weighted by Gasteiger charge is 2.15. The lowest BCUT2D eigenvalue weighted by atomic mass is 10.2. The number of nitrogens with one attached hydrogen (secondary N) is 2. The van der Waals surface area contributed by atoms with E-state index in [4.69, 9.17) is 4.74 Å². The van der Waals surface area contributed by atoms with Gasteiger partial charge >= 0.3 is 0 Å². The minimum atomic E-state index is -3.76. The van der Waals surface area contributed by atoms with Crippen molar-refractivity contribution in [3.63, 3.8) is 0 Å². The molecular weight excluding hydrogens is 378 g/mol. The molecule has 0 aliphatic heterocycles. The number of amides is 1. The highest BCUT2D eigenvalue weighted by Crippen LogP contribution is 2.17. The summed E-state index contributed by atoms with van der Waals surface area (Å²) >= 11 is 0. The number of hydrogen-bond donors (Lipinski definition) is 2. The fourth-order valence-electron chi connectivity index (χ4n) is 2.32. The van der Waals surface area contributed by atoms with Crippen LogP contribution in [0.2, 0.25) is 0 Å². The van der Waals surface area contributed by atoms with E-state index in [9.17, 15) is 13.2 Å². The van der Waals surface area contributed by atoms with Gasteiger partial charge in [0.25, 0.3) is 15.9 Å². The fraction of sp³-hybridized carbons (Fsp3) is 0.100. The Morgan fingerprint density at radius 2 is 1.71 bits per heavy atom. The van der Waals surface area contributed by atoms with Crippen molar-refractivity contribution in [3.05, 3.63) is 78.5 Å². The van der Waals surface area contributed by atoms with Crippen molar-refractivity contribution in [1.82, 2.24) is 4.98 Å². The summed E-state index contributed by atoms with van der Waals surface area (Å²) < 4.78 is 32.5. The Morgan fingerprint density at radius 1 is 1.00 bits per heavy atom. The van der Waals surface area contributed by atoms with Crippen LogP contribution in [0, 0.1) is 6.92 Å². The second-order valence-corrected chi connectivity index (χ2v) is 7.68. The summed E-state index contributed by atoms with van der Waals surface area (Å²) in [7, 11) is -3.76. The Kier molecular flexibility index (Phi) is 5.90. The van der Waals surface area contributed by atoms with Crippen molar-refractivity contribution in [2.24, 2.45) is 0 Å². The van der Waals surface area contributed by atoms with E-state index in [1.165, 1.54) is 30.5 Å². The van der Waals surface area contributed by atoms with Gasteiger partial charge in [0.1, 0.15) is 11.6 Å². The van der Waals surface area contributed by atoms with Gasteiger partial charge in [-0.05, 0) is 55.5 Å². The van der Waals surface area contributed by atoms with Gasteiger partial charge in [0.2, 0.25) is 0 Å². The van der Waals surface area contributed by atoms with E-state index in [2.05, 4.69) is 15.0 Å². The van der Waals surface area contributed by atoms with Crippen LogP contribution in [0.1, 0.15) is 5.56 Å². The van der Waals surface area contributed by atoms with Gasteiger partial charge in [0.05, 0.1) is 4.90 Å². The first-order chi connectivity index (χ1) is 13.4. The number of aromatic nitrogens is 1. The van der Waals surface area contributed by atoms with Crippen LogP contribution in [-0.4, -0.2) is 25.9 Å². The maximum atomic E-state index is 12.4. The van der Waals surface area contributed by atoms with Gasteiger partial charge in [-0.1, -0.05) is 23.8 Å². The lowest BCUT2D eigenvalue weighted by Crippen LogP contribution is -2.20. The molecule has 1 amide bonds. The summed E-state index contributed by atoms with van der Waals surface area (Å²) in [5.41, 5.74) is 1.57. The van der Waals surface area contributed by atoms with Crippen molar-refractivity contribution < 1.29 is 17.9 Å². The molecule has 0 atom stereocenters. The van der Waals surface area contributed by atoms with E-state index in [1.807, 2.05) is 19.1 Å². The Bertz CT molecular complexity index is 1040. The third-order valence-corrected chi connectivity index (χ3v) is 5.11. The summed E-state index contributed by atoms with van der Waals surface area (Å²) in [6.45, 7) is 1.82. The summed E-state index contributed by atoms with van der Waals surface area (Å²) in [6.07, 6.45) is 1.50. The van der Waals surface area contributed by atoms with E-state index in [1.54, 1.807) is 30.3 Å². The lowest BCUT2D eigenvalue weighted by Gasteiger charge is -2.10. The van der Waals surface area contributed by atoms with Gasteiger partial charge in [0, 0.05) is 11.9 Å². The molecular formula is C20H19N3O4S. The molecule has 1 aromatic heterocycles. The minimum absolute atomic E-state index is 0.0621. The van der Waals surface area contributed by atoms with Crippen LogP contribution < -0.4 is 14.8 Å². The van der Waals surface area contributed by atoms with Gasteiger partial charge < -0.3 is 10.1 Å². The summed E-state index contributed by atoms with van der Waals surface area (Å²) in [5, 5.41) is 2.66. The molecule has 0 bridgehead atoms. The lowest BCUT2D eigenvalue weighted by molar-refractivity contribution is -0.118. The largest absolute Gasteiger partial charge is 0.484 e. The number of aryl methyl sites for hydroxylation is 1. The fourth-order valence-corrected chi connectivity index (χ4v) is 3.33. The number of ether oxygens (including phenoxy) is 1. The van der Waals surface area contributed by atoms with Gasteiger partial charge in [-0.3, -0.25) is 9.52 Å². The Hall–Kier alpha value is -3.39. The zero-order chi connectivity index (χ0) is 20.0. The molecule has 0 saturated heterocycles. The zero-order valence-electron chi connectivity index (χ0n) is 15.1. The third kappa shape index (κ3) is 5.31. The molecule has 0 saturated carbocycles. The predicted molar refractivity (Wildman–Crippen MR) is 107 cm³/mol.